The van der Waals surface area contributed by atoms with Crippen molar-refractivity contribution in [3.8, 4) is 17.6 Å². The van der Waals surface area contributed by atoms with E-state index in [4.69, 9.17) is 4.74 Å². The third-order valence-electron chi connectivity index (χ3n) is 4.25. The molecule has 4 heteroatoms. The fraction of sp³-hybridized carbons (Fsp3) is 0.346. The third kappa shape index (κ3) is 9.45. The zero-order chi connectivity index (χ0) is 21.8. The van der Waals surface area contributed by atoms with Crippen molar-refractivity contribution < 1.29 is 9.53 Å². The maximum Gasteiger partial charge on any atom is 0.412 e. The van der Waals surface area contributed by atoms with Crippen LogP contribution in [0.3, 0.4) is 0 Å². The van der Waals surface area contributed by atoms with E-state index in [1.807, 2.05) is 54.6 Å². The smallest absolute Gasteiger partial charge is 0.410 e. The molecular weight excluding hydrogens is 372 g/mol. The first-order valence-corrected chi connectivity index (χ1v) is 10.3. The van der Waals surface area contributed by atoms with Crippen molar-refractivity contribution in [1.29, 1.82) is 0 Å². The summed E-state index contributed by atoms with van der Waals surface area (Å²) in [4.78, 5) is 14.4. The predicted molar refractivity (Wildman–Crippen MR) is 123 cm³/mol. The first-order valence-electron chi connectivity index (χ1n) is 10.3. The van der Waals surface area contributed by atoms with Gasteiger partial charge in [0.15, 0.2) is 0 Å². The highest BCUT2D eigenvalue weighted by Gasteiger charge is 2.07. The summed E-state index contributed by atoms with van der Waals surface area (Å²) in [6, 6.07) is 17.4. The van der Waals surface area contributed by atoms with Crippen LogP contribution in [0.2, 0.25) is 0 Å². The number of rotatable bonds is 8. The summed E-state index contributed by atoms with van der Waals surface area (Å²) in [7, 11) is 0. The molecular formula is C26H32N2O2. The summed E-state index contributed by atoms with van der Waals surface area (Å²) in [6.45, 7) is 11.4. The lowest BCUT2D eigenvalue weighted by Crippen LogP contribution is -2.26. The molecule has 4 nitrogen and oxygen atoms in total. The summed E-state index contributed by atoms with van der Waals surface area (Å²) in [5.41, 5.74) is 2.14. The molecule has 0 radical (unpaired) electrons. The maximum atomic E-state index is 12.1. The van der Waals surface area contributed by atoms with Crippen molar-refractivity contribution in [3.05, 3.63) is 77.9 Å². The Morgan fingerprint density at radius 2 is 1.83 bits per heavy atom. The second-order valence-electron chi connectivity index (χ2n) is 8.13. The van der Waals surface area contributed by atoms with E-state index in [1.54, 1.807) is 6.07 Å². The van der Waals surface area contributed by atoms with E-state index in [-0.39, 0.29) is 5.41 Å². The molecule has 1 N–H and O–H groups in total. The Morgan fingerprint density at radius 1 is 1.10 bits per heavy atom. The maximum absolute atomic E-state index is 12.1. The molecule has 0 saturated carbocycles. The number of likely N-dealkylation sites (N-methyl/N-ethyl adjacent to an activating group) is 1. The summed E-state index contributed by atoms with van der Waals surface area (Å²) in [5.74, 6) is 6.84. The Bertz CT molecular complexity index is 886. The number of benzene rings is 2. The van der Waals surface area contributed by atoms with Gasteiger partial charge in [0.25, 0.3) is 0 Å². The molecule has 30 heavy (non-hydrogen) atoms. The molecule has 0 aliphatic heterocycles. The molecule has 2 rings (SSSR count). The second kappa shape index (κ2) is 11.8. The van der Waals surface area contributed by atoms with Gasteiger partial charge in [-0.05, 0) is 56.7 Å². The van der Waals surface area contributed by atoms with Crippen molar-refractivity contribution in [2.24, 2.45) is 5.41 Å². The van der Waals surface area contributed by atoms with Crippen LogP contribution < -0.4 is 10.1 Å². The Hall–Kier alpha value is -3.03. The molecule has 0 bridgehead atoms. The van der Waals surface area contributed by atoms with Crippen LogP contribution in [0.15, 0.2) is 66.7 Å². The number of hydrogen-bond donors (Lipinski definition) is 1. The largest absolute Gasteiger partial charge is 0.412 e. The van der Waals surface area contributed by atoms with Crippen molar-refractivity contribution in [2.45, 2.75) is 40.8 Å². The zero-order valence-electron chi connectivity index (χ0n) is 18.4. The van der Waals surface area contributed by atoms with Crippen molar-refractivity contribution >= 4 is 6.09 Å². The number of amides is 1. The summed E-state index contributed by atoms with van der Waals surface area (Å²) in [5, 5.41) is 2.78. The Balaban J connectivity index is 1.86. The van der Waals surface area contributed by atoms with Crippen LogP contribution in [0.4, 0.5) is 4.79 Å². The first-order chi connectivity index (χ1) is 14.4. The van der Waals surface area contributed by atoms with Crippen LogP contribution in [0.25, 0.3) is 0 Å². The van der Waals surface area contributed by atoms with E-state index >= 15 is 0 Å². The molecule has 0 aliphatic carbocycles. The van der Waals surface area contributed by atoms with Gasteiger partial charge in [0.1, 0.15) is 5.75 Å². The van der Waals surface area contributed by atoms with Gasteiger partial charge >= 0.3 is 6.09 Å². The van der Waals surface area contributed by atoms with Crippen molar-refractivity contribution in [2.75, 3.05) is 13.1 Å². The van der Waals surface area contributed by atoms with Crippen LogP contribution in [-0.4, -0.2) is 24.1 Å². The predicted octanol–water partition coefficient (Wildman–Crippen LogP) is 5.40. The Kier molecular flexibility index (Phi) is 9.18. The average Bonchev–Trinajstić information content (AvgIpc) is 2.71. The van der Waals surface area contributed by atoms with Gasteiger partial charge < -0.3 is 10.1 Å². The number of allylic oxidation sites excluding steroid dienone is 1. The van der Waals surface area contributed by atoms with E-state index in [9.17, 15) is 4.79 Å². The van der Waals surface area contributed by atoms with Crippen LogP contribution >= 0.6 is 0 Å². The molecule has 158 valence electrons. The SMILES string of the molecule is CCN(C/C=C/C#CC(C)(C)C)Cc1cccc(OC(=O)NCc2ccccc2)c1. The molecule has 0 saturated heterocycles. The van der Waals surface area contributed by atoms with Crippen LogP contribution in [0, 0.1) is 17.3 Å². The monoisotopic (exact) mass is 404 g/mol. The van der Waals surface area contributed by atoms with E-state index in [2.05, 4.69) is 55.8 Å². The normalized spacial score (nSPS) is 11.2. The van der Waals surface area contributed by atoms with E-state index < -0.39 is 6.09 Å². The number of nitrogens with zero attached hydrogens (tertiary/aromatic N) is 1. The van der Waals surface area contributed by atoms with E-state index in [1.165, 1.54) is 0 Å². The molecule has 0 heterocycles. The fourth-order valence-electron chi connectivity index (χ4n) is 2.70. The zero-order valence-corrected chi connectivity index (χ0v) is 18.4. The number of hydrogen-bond acceptors (Lipinski definition) is 3. The quantitative estimate of drug-likeness (QED) is 0.599. The van der Waals surface area contributed by atoms with Gasteiger partial charge in [0, 0.05) is 25.0 Å². The van der Waals surface area contributed by atoms with Gasteiger partial charge in [0.05, 0.1) is 0 Å². The Labute approximate surface area is 180 Å². The molecule has 0 fully saturated rings. The minimum atomic E-state index is -0.455. The lowest BCUT2D eigenvalue weighted by molar-refractivity contribution is 0.200. The topological polar surface area (TPSA) is 41.6 Å². The van der Waals surface area contributed by atoms with E-state index in [0.717, 1.165) is 30.8 Å². The average molecular weight is 405 g/mol. The highest BCUT2D eigenvalue weighted by Crippen LogP contribution is 2.15. The lowest BCUT2D eigenvalue weighted by atomic mass is 9.98. The Morgan fingerprint density at radius 3 is 2.53 bits per heavy atom. The summed E-state index contributed by atoms with van der Waals surface area (Å²) in [6.07, 6.45) is 3.55. The number of carbonyl (C=O) groups excluding carboxylic acids is 1. The minimum Gasteiger partial charge on any atom is -0.410 e. The molecule has 0 aliphatic rings. The van der Waals surface area contributed by atoms with Gasteiger partial charge in [0.2, 0.25) is 0 Å². The fourth-order valence-corrected chi connectivity index (χ4v) is 2.70. The molecule has 0 atom stereocenters. The van der Waals surface area contributed by atoms with Crippen molar-refractivity contribution in [3.63, 3.8) is 0 Å². The second-order valence-corrected chi connectivity index (χ2v) is 8.13. The third-order valence-corrected chi connectivity index (χ3v) is 4.25. The van der Waals surface area contributed by atoms with Crippen LogP contribution in [0.1, 0.15) is 38.8 Å². The summed E-state index contributed by atoms with van der Waals surface area (Å²) >= 11 is 0. The minimum absolute atomic E-state index is 0.0165. The van der Waals surface area contributed by atoms with E-state index in [0.29, 0.717) is 12.3 Å². The highest BCUT2D eigenvalue weighted by atomic mass is 16.6. The number of carbonyl (C=O) groups is 1. The molecule has 2 aromatic rings. The molecule has 0 aromatic heterocycles. The van der Waals surface area contributed by atoms with Gasteiger partial charge in [-0.2, -0.15) is 0 Å². The van der Waals surface area contributed by atoms with Crippen LogP contribution in [-0.2, 0) is 13.1 Å². The summed E-state index contributed by atoms with van der Waals surface area (Å²) < 4.78 is 5.44. The molecule has 2 aromatic carbocycles. The standard InChI is InChI=1S/C26H32N2O2/c1-5-28(18-11-7-10-17-26(2,3)4)21-23-15-12-16-24(19-23)30-25(29)27-20-22-13-8-6-9-14-22/h6-9,11-16,19H,5,18,20-21H2,1-4H3,(H,27,29)/b11-7+. The highest BCUT2D eigenvalue weighted by molar-refractivity contribution is 5.70. The lowest BCUT2D eigenvalue weighted by Gasteiger charge is -2.18. The van der Waals surface area contributed by atoms with Gasteiger partial charge in [-0.15, -0.1) is 0 Å². The number of ether oxygens (including phenoxy) is 1. The molecule has 1 amide bonds. The van der Waals surface area contributed by atoms with Crippen LogP contribution in [0.5, 0.6) is 5.75 Å². The van der Waals surface area contributed by atoms with Crippen molar-refractivity contribution in [1.82, 2.24) is 10.2 Å². The number of nitrogens with one attached hydrogen (secondary N) is 1. The molecule has 0 spiro atoms. The first kappa shape index (κ1) is 23.3. The molecule has 0 unspecified atom stereocenters. The van der Waals surface area contributed by atoms with Gasteiger partial charge in [-0.3, -0.25) is 4.90 Å². The van der Waals surface area contributed by atoms with Gasteiger partial charge in [-0.1, -0.05) is 67.3 Å². The van der Waals surface area contributed by atoms with Gasteiger partial charge in [-0.25, -0.2) is 4.79 Å².